The minimum absolute atomic E-state index is 0.118. The molecule has 0 aromatic rings. The molecule has 5 nitrogen and oxygen atoms in total. The molecule has 2 aliphatic rings. The first-order valence-corrected chi connectivity index (χ1v) is 8.03. The van der Waals surface area contributed by atoms with Gasteiger partial charge in [-0.25, -0.2) is 9.59 Å². The lowest BCUT2D eigenvalue weighted by Gasteiger charge is -2.37. The standard InChI is InChI=1S/C16H26N2O3/c1-2-12-8-10-16(11-9-12,14(19)20)18-15(21)17-13-6-4-3-5-7-13/h3-4,12-13H,2,5-11H2,1H3,(H,19,20)(H2,17,18,21). The highest BCUT2D eigenvalue weighted by molar-refractivity contribution is 5.86. The lowest BCUT2D eigenvalue weighted by Crippen LogP contribution is -2.59. The van der Waals surface area contributed by atoms with Gasteiger partial charge >= 0.3 is 12.0 Å². The summed E-state index contributed by atoms with van der Waals surface area (Å²) in [7, 11) is 0. The number of carbonyl (C=O) groups is 2. The van der Waals surface area contributed by atoms with E-state index < -0.39 is 11.5 Å². The number of rotatable bonds is 4. The van der Waals surface area contributed by atoms with Crippen molar-refractivity contribution in [1.82, 2.24) is 10.6 Å². The van der Waals surface area contributed by atoms with Crippen LogP contribution in [0.4, 0.5) is 4.79 Å². The molecule has 0 heterocycles. The van der Waals surface area contributed by atoms with Crippen molar-refractivity contribution in [2.24, 2.45) is 5.92 Å². The molecule has 21 heavy (non-hydrogen) atoms. The third kappa shape index (κ3) is 3.99. The van der Waals surface area contributed by atoms with Crippen LogP contribution in [0.3, 0.4) is 0 Å². The van der Waals surface area contributed by atoms with Crippen LogP contribution in [-0.2, 0) is 4.79 Å². The van der Waals surface area contributed by atoms with Crippen LogP contribution in [0.5, 0.6) is 0 Å². The maximum atomic E-state index is 12.1. The summed E-state index contributed by atoms with van der Waals surface area (Å²) in [5.74, 6) is -0.318. The van der Waals surface area contributed by atoms with E-state index in [1.54, 1.807) is 0 Å². The van der Waals surface area contributed by atoms with Crippen LogP contribution in [0.25, 0.3) is 0 Å². The van der Waals surface area contributed by atoms with E-state index in [-0.39, 0.29) is 12.1 Å². The van der Waals surface area contributed by atoms with Gasteiger partial charge < -0.3 is 15.7 Å². The maximum Gasteiger partial charge on any atom is 0.329 e. The van der Waals surface area contributed by atoms with Crippen molar-refractivity contribution >= 4 is 12.0 Å². The van der Waals surface area contributed by atoms with E-state index in [0.29, 0.717) is 18.8 Å². The molecule has 0 aromatic heterocycles. The molecule has 0 saturated heterocycles. The Bertz CT molecular complexity index is 412. The van der Waals surface area contributed by atoms with Gasteiger partial charge in [-0.2, -0.15) is 0 Å². The Morgan fingerprint density at radius 1 is 1.24 bits per heavy atom. The average molecular weight is 294 g/mol. The van der Waals surface area contributed by atoms with Gasteiger partial charge in [-0.3, -0.25) is 0 Å². The van der Waals surface area contributed by atoms with Gasteiger partial charge in [0.15, 0.2) is 0 Å². The molecule has 1 fully saturated rings. The SMILES string of the molecule is CCC1CCC(NC(=O)NC2CC=CCC2)(C(=O)O)CC1. The summed E-state index contributed by atoms with van der Waals surface area (Å²) in [6.07, 6.45) is 10.8. The summed E-state index contributed by atoms with van der Waals surface area (Å²) in [5.41, 5.74) is -1.08. The highest BCUT2D eigenvalue weighted by Crippen LogP contribution is 2.34. The van der Waals surface area contributed by atoms with Crippen LogP contribution in [0.1, 0.15) is 58.3 Å². The predicted octanol–water partition coefficient (Wildman–Crippen LogP) is 2.82. The first kappa shape index (κ1) is 15.9. The van der Waals surface area contributed by atoms with E-state index in [9.17, 15) is 14.7 Å². The zero-order chi connectivity index (χ0) is 15.3. The molecule has 2 rings (SSSR count). The second-order valence-corrected chi connectivity index (χ2v) is 6.32. The summed E-state index contributed by atoms with van der Waals surface area (Å²) in [5, 5.41) is 15.2. The maximum absolute atomic E-state index is 12.1. The summed E-state index contributed by atoms with van der Waals surface area (Å²) in [6.45, 7) is 2.13. The molecule has 0 aromatic carbocycles. The number of hydrogen-bond acceptors (Lipinski definition) is 2. The monoisotopic (exact) mass is 294 g/mol. The number of carboxylic acids is 1. The van der Waals surface area contributed by atoms with Crippen LogP contribution in [-0.4, -0.2) is 28.7 Å². The Kier molecular flexibility index (Phi) is 5.26. The van der Waals surface area contributed by atoms with Crippen molar-refractivity contribution in [2.45, 2.75) is 69.9 Å². The molecule has 1 saturated carbocycles. The molecule has 1 atom stereocenters. The average Bonchev–Trinajstić information content (AvgIpc) is 2.48. The van der Waals surface area contributed by atoms with Crippen LogP contribution in [0, 0.1) is 5.92 Å². The normalized spacial score (nSPS) is 32.4. The minimum atomic E-state index is -1.08. The number of aliphatic carboxylic acids is 1. The van der Waals surface area contributed by atoms with Gasteiger partial charge in [0, 0.05) is 6.04 Å². The van der Waals surface area contributed by atoms with E-state index in [4.69, 9.17) is 0 Å². The summed E-state index contributed by atoms with van der Waals surface area (Å²) in [4.78, 5) is 23.8. The number of amides is 2. The van der Waals surface area contributed by atoms with Gasteiger partial charge in [0.2, 0.25) is 0 Å². The zero-order valence-corrected chi connectivity index (χ0v) is 12.7. The van der Waals surface area contributed by atoms with Crippen LogP contribution < -0.4 is 10.6 Å². The first-order chi connectivity index (χ1) is 10.1. The zero-order valence-electron chi connectivity index (χ0n) is 12.7. The first-order valence-electron chi connectivity index (χ1n) is 8.03. The second-order valence-electron chi connectivity index (χ2n) is 6.32. The second kappa shape index (κ2) is 6.96. The number of hydrogen-bond donors (Lipinski definition) is 3. The Hall–Kier alpha value is -1.52. The Labute approximate surface area is 126 Å². The number of allylic oxidation sites excluding steroid dienone is 1. The van der Waals surface area contributed by atoms with Gasteiger partial charge in [-0.05, 0) is 50.9 Å². The van der Waals surface area contributed by atoms with Crippen molar-refractivity contribution in [3.05, 3.63) is 12.2 Å². The smallest absolute Gasteiger partial charge is 0.329 e. The molecule has 0 spiro atoms. The Morgan fingerprint density at radius 2 is 1.95 bits per heavy atom. The quantitative estimate of drug-likeness (QED) is 0.698. The number of carboxylic acid groups (broad SMARTS) is 1. The summed E-state index contributed by atoms with van der Waals surface area (Å²) >= 11 is 0. The predicted molar refractivity (Wildman–Crippen MR) is 81.1 cm³/mol. The Balaban J connectivity index is 1.92. The van der Waals surface area contributed by atoms with Crippen molar-refractivity contribution in [2.75, 3.05) is 0 Å². The van der Waals surface area contributed by atoms with E-state index in [0.717, 1.165) is 38.5 Å². The third-order valence-electron chi connectivity index (χ3n) is 4.90. The van der Waals surface area contributed by atoms with Gasteiger partial charge in [0.1, 0.15) is 5.54 Å². The fraction of sp³-hybridized carbons (Fsp3) is 0.750. The largest absolute Gasteiger partial charge is 0.480 e. The molecule has 118 valence electrons. The van der Waals surface area contributed by atoms with Crippen molar-refractivity contribution in [3.8, 4) is 0 Å². The van der Waals surface area contributed by atoms with Gasteiger partial charge in [-0.15, -0.1) is 0 Å². The van der Waals surface area contributed by atoms with E-state index in [1.807, 2.05) is 0 Å². The lowest BCUT2D eigenvalue weighted by molar-refractivity contribution is -0.146. The van der Waals surface area contributed by atoms with Crippen LogP contribution in [0.15, 0.2) is 12.2 Å². The molecule has 2 amide bonds. The number of urea groups is 1. The molecule has 1 unspecified atom stereocenters. The minimum Gasteiger partial charge on any atom is -0.480 e. The fourth-order valence-electron chi connectivity index (χ4n) is 3.33. The molecule has 0 aliphatic heterocycles. The highest BCUT2D eigenvalue weighted by Gasteiger charge is 2.43. The number of carbonyl (C=O) groups excluding carboxylic acids is 1. The van der Waals surface area contributed by atoms with Crippen molar-refractivity contribution in [1.29, 1.82) is 0 Å². The van der Waals surface area contributed by atoms with E-state index >= 15 is 0 Å². The Morgan fingerprint density at radius 3 is 2.48 bits per heavy atom. The third-order valence-corrected chi connectivity index (χ3v) is 4.90. The van der Waals surface area contributed by atoms with Crippen LogP contribution in [0.2, 0.25) is 0 Å². The van der Waals surface area contributed by atoms with Gasteiger partial charge in [0.05, 0.1) is 0 Å². The van der Waals surface area contributed by atoms with Crippen molar-refractivity contribution in [3.63, 3.8) is 0 Å². The van der Waals surface area contributed by atoms with Gasteiger partial charge in [-0.1, -0.05) is 25.5 Å². The molecular formula is C16H26N2O3. The molecule has 5 heteroatoms. The molecule has 2 aliphatic carbocycles. The molecule has 3 N–H and O–H groups in total. The fourth-order valence-corrected chi connectivity index (χ4v) is 3.33. The number of nitrogens with one attached hydrogen (secondary N) is 2. The van der Waals surface area contributed by atoms with Crippen molar-refractivity contribution < 1.29 is 14.7 Å². The van der Waals surface area contributed by atoms with E-state index in [1.165, 1.54) is 0 Å². The lowest BCUT2D eigenvalue weighted by atomic mass is 9.75. The highest BCUT2D eigenvalue weighted by atomic mass is 16.4. The molecule has 0 bridgehead atoms. The van der Waals surface area contributed by atoms with E-state index in [2.05, 4.69) is 29.7 Å². The molecular weight excluding hydrogens is 268 g/mol. The molecule has 0 radical (unpaired) electrons. The van der Waals surface area contributed by atoms with Crippen LogP contribution >= 0.6 is 0 Å². The summed E-state index contributed by atoms with van der Waals surface area (Å²) in [6, 6.07) is -0.222. The van der Waals surface area contributed by atoms with Gasteiger partial charge in [0.25, 0.3) is 0 Å². The summed E-state index contributed by atoms with van der Waals surface area (Å²) < 4.78 is 0. The topological polar surface area (TPSA) is 78.4 Å².